The predicted molar refractivity (Wildman–Crippen MR) is 92.4 cm³/mol. The molecule has 2 aromatic carbocycles. The van der Waals surface area contributed by atoms with Crippen LogP contribution in [-0.4, -0.2) is 21.7 Å². The van der Waals surface area contributed by atoms with E-state index in [4.69, 9.17) is 9.47 Å². The number of para-hydroxylation sites is 1. The Hall–Kier alpha value is -3.28. The van der Waals surface area contributed by atoms with Gasteiger partial charge in [-0.25, -0.2) is 0 Å². The average molecular weight is 336 g/mol. The summed E-state index contributed by atoms with van der Waals surface area (Å²) in [6, 6.07) is 12.1. The van der Waals surface area contributed by atoms with Gasteiger partial charge in [0.2, 0.25) is 5.88 Å². The second kappa shape index (κ2) is 5.98. The minimum absolute atomic E-state index is 0.149. The second-order valence-corrected chi connectivity index (χ2v) is 5.70. The van der Waals surface area contributed by atoms with Gasteiger partial charge in [-0.2, -0.15) is 4.98 Å². The SMILES string of the molecule is CCOc1cccc2c1Oc1nc(-c3ccc(O)cc3)[nH]c(=O)c1C2. The molecule has 0 aliphatic carbocycles. The number of nitrogens with one attached hydrogen (secondary N) is 1. The average Bonchev–Trinajstić information content (AvgIpc) is 2.62. The molecule has 25 heavy (non-hydrogen) atoms. The van der Waals surface area contributed by atoms with Gasteiger partial charge in [0, 0.05) is 17.5 Å². The van der Waals surface area contributed by atoms with Gasteiger partial charge in [0.25, 0.3) is 5.56 Å². The Morgan fingerprint density at radius 1 is 1.24 bits per heavy atom. The lowest BCUT2D eigenvalue weighted by Crippen LogP contribution is -2.20. The molecule has 0 atom stereocenters. The number of aromatic amines is 1. The fourth-order valence-corrected chi connectivity index (χ4v) is 2.85. The van der Waals surface area contributed by atoms with Crippen molar-refractivity contribution in [2.45, 2.75) is 13.3 Å². The Morgan fingerprint density at radius 3 is 2.80 bits per heavy atom. The molecule has 3 aromatic rings. The summed E-state index contributed by atoms with van der Waals surface area (Å²) in [5.74, 6) is 2.06. The summed E-state index contributed by atoms with van der Waals surface area (Å²) >= 11 is 0. The van der Waals surface area contributed by atoms with Gasteiger partial charge < -0.3 is 19.6 Å². The van der Waals surface area contributed by atoms with Crippen LogP contribution in [0, 0.1) is 0 Å². The van der Waals surface area contributed by atoms with Gasteiger partial charge in [-0.3, -0.25) is 4.79 Å². The number of nitrogens with zero attached hydrogens (tertiary/aromatic N) is 1. The number of aromatic hydroxyl groups is 1. The molecule has 2 N–H and O–H groups in total. The largest absolute Gasteiger partial charge is 0.508 e. The third kappa shape index (κ3) is 2.71. The minimum Gasteiger partial charge on any atom is -0.508 e. The molecule has 126 valence electrons. The Kier molecular flexibility index (Phi) is 3.65. The number of aromatic nitrogens is 2. The van der Waals surface area contributed by atoms with Crippen LogP contribution < -0.4 is 15.0 Å². The van der Waals surface area contributed by atoms with Crippen molar-refractivity contribution >= 4 is 0 Å². The highest BCUT2D eigenvalue weighted by atomic mass is 16.5. The third-order valence-corrected chi connectivity index (χ3v) is 4.04. The number of hydrogen-bond donors (Lipinski definition) is 2. The summed E-state index contributed by atoms with van der Waals surface area (Å²) in [6.45, 7) is 2.43. The smallest absolute Gasteiger partial charge is 0.258 e. The molecule has 6 nitrogen and oxygen atoms in total. The van der Waals surface area contributed by atoms with Crippen molar-refractivity contribution in [3.8, 4) is 34.5 Å². The number of phenols is 1. The number of H-pyrrole nitrogens is 1. The molecule has 6 heteroatoms. The lowest BCUT2D eigenvalue weighted by molar-refractivity contribution is 0.315. The summed E-state index contributed by atoms with van der Waals surface area (Å²) in [5, 5.41) is 9.41. The molecule has 0 saturated heterocycles. The monoisotopic (exact) mass is 336 g/mol. The lowest BCUT2D eigenvalue weighted by atomic mass is 10.0. The first-order valence-corrected chi connectivity index (χ1v) is 8.01. The Balaban J connectivity index is 1.79. The van der Waals surface area contributed by atoms with Crippen LogP contribution >= 0.6 is 0 Å². The molecule has 2 heterocycles. The van der Waals surface area contributed by atoms with E-state index < -0.39 is 0 Å². The van der Waals surface area contributed by atoms with Crippen LogP contribution in [0.25, 0.3) is 11.4 Å². The van der Waals surface area contributed by atoms with Crippen LogP contribution in [0.1, 0.15) is 18.1 Å². The standard InChI is InChI=1S/C19H16N2O4/c1-2-24-15-5-3-4-12-10-14-18(23)20-17(21-19(14)25-16(12)15)11-6-8-13(22)9-7-11/h3-9,22H,2,10H2,1H3,(H,20,21,23). The highest BCUT2D eigenvalue weighted by molar-refractivity contribution is 5.59. The van der Waals surface area contributed by atoms with E-state index in [0.717, 1.165) is 5.56 Å². The molecule has 0 unspecified atom stereocenters. The molecule has 1 aliphatic rings. The van der Waals surface area contributed by atoms with E-state index in [2.05, 4.69) is 9.97 Å². The first-order chi connectivity index (χ1) is 12.2. The van der Waals surface area contributed by atoms with E-state index in [9.17, 15) is 9.90 Å². The molecule has 1 aromatic heterocycles. The van der Waals surface area contributed by atoms with Gasteiger partial charge in [0.1, 0.15) is 11.6 Å². The quantitative estimate of drug-likeness (QED) is 0.600. The maximum absolute atomic E-state index is 12.5. The van der Waals surface area contributed by atoms with Crippen LogP contribution in [0.4, 0.5) is 0 Å². The highest BCUT2D eigenvalue weighted by Crippen LogP contribution is 2.40. The molecule has 1 aliphatic heterocycles. The molecule has 0 amide bonds. The van der Waals surface area contributed by atoms with Gasteiger partial charge in [-0.15, -0.1) is 0 Å². The fourth-order valence-electron chi connectivity index (χ4n) is 2.85. The van der Waals surface area contributed by atoms with Gasteiger partial charge in [-0.1, -0.05) is 12.1 Å². The number of benzene rings is 2. The van der Waals surface area contributed by atoms with Gasteiger partial charge in [0.15, 0.2) is 11.5 Å². The van der Waals surface area contributed by atoms with Crippen molar-refractivity contribution in [2.75, 3.05) is 6.61 Å². The van der Waals surface area contributed by atoms with Crippen molar-refractivity contribution in [1.82, 2.24) is 9.97 Å². The summed E-state index contributed by atoms with van der Waals surface area (Å²) in [6.07, 6.45) is 0.434. The minimum atomic E-state index is -0.236. The first kappa shape index (κ1) is 15.3. The maximum atomic E-state index is 12.5. The van der Waals surface area contributed by atoms with Crippen molar-refractivity contribution in [3.63, 3.8) is 0 Å². The first-order valence-electron chi connectivity index (χ1n) is 8.01. The van der Waals surface area contributed by atoms with Gasteiger partial charge in [-0.05, 0) is 37.3 Å². The number of phenolic OH excluding ortho intramolecular Hbond substituents is 1. The normalized spacial score (nSPS) is 12.0. The number of ether oxygens (including phenoxy) is 2. The zero-order chi connectivity index (χ0) is 17.4. The molecule has 0 bridgehead atoms. The molecule has 0 spiro atoms. The van der Waals surface area contributed by atoms with Crippen LogP contribution in [-0.2, 0) is 6.42 Å². The van der Waals surface area contributed by atoms with Crippen molar-refractivity contribution in [3.05, 3.63) is 63.9 Å². The number of rotatable bonds is 3. The molecular formula is C19H16N2O4. The summed E-state index contributed by atoms with van der Waals surface area (Å²) in [7, 11) is 0. The fraction of sp³-hybridized carbons (Fsp3) is 0.158. The summed E-state index contributed by atoms with van der Waals surface area (Å²) < 4.78 is 11.5. The topological polar surface area (TPSA) is 84.4 Å². The van der Waals surface area contributed by atoms with E-state index in [1.54, 1.807) is 12.1 Å². The summed E-state index contributed by atoms with van der Waals surface area (Å²) in [5.41, 5.74) is 1.83. The van der Waals surface area contributed by atoms with Crippen molar-refractivity contribution in [1.29, 1.82) is 0 Å². The molecule has 0 radical (unpaired) electrons. The van der Waals surface area contributed by atoms with Gasteiger partial charge in [0.05, 0.1) is 12.2 Å². The predicted octanol–water partition coefficient (Wildman–Crippen LogP) is 3.24. The third-order valence-electron chi connectivity index (χ3n) is 4.04. The van der Waals surface area contributed by atoms with Gasteiger partial charge >= 0.3 is 0 Å². The Morgan fingerprint density at radius 2 is 2.04 bits per heavy atom. The molecule has 0 saturated carbocycles. The van der Waals surface area contributed by atoms with E-state index >= 15 is 0 Å². The van der Waals surface area contributed by atoms with Crippen LogP contribution in [0.5, 0.6) is 23.1 Å². The van der Waals surface area contributed by atoms with Crippen molar-refractivity contribution in [2.24, 2.45) is 0 Å². The van der Waals surface area contributed by atoms with E-state index in [-0.39, 0.29) is 17.2 Å². The van der Waals surface area contributed by atoms with Crippen LogP contribution in [0.15, 0.2) is 47.3 Å². The summed E-state index contributed by atoms with van der Waals surface area (Å²) in [4.78, 5) is 19.7. The van der Waals surface area contributed by atoms with Crippen LogP contribution in [0.3, 0.4) is 0 Å². The Labute approximate surface area is 143 Å². The van der Waals surface area contributed by atoms with E-state index in [0.29, 0.717) is 41.5 Å². The molecule has 0 fully saturated rings. The van der Waals surface area contributed by atoms with E-state index in [1.807, 2.05) is 25.1 Å². The van der Waals surface area contributed by atoms with E-state index in [1.165, 1.54) is 12.1 Å². The van der Waals surface area contributed by atoms with Crippen molar-refractivity contribution < 1.29 is 14.6 Å². The zero-order valence-corrected chi connectivity index (χ0v) is 13.6. The second-order valence-electron chi connectivity index (χ2n) is 5.70. The number of fused-ring (bicyclic) bond motifs is 2. The highest BCUT2D eigenvalue weighted by Gasteiger charge is 2.25. The molecular weight excluding hydrogens is 320 g/mol. The number of hydrogen-bond acceptors (Lipinski definition) is 5. The molecule has 4 rings (SSSR count). The lowest BCUT2D eigenvalue weighted by Gasteiger charge is -2.21. The zero-order valence-electron chi connectivity index (χ0n) is 13.6. The maximum Gasteiger partial charge on any atom is 0.258 e. The van der Waals surface area contributed by atoms with Crippen LogP contribution in [0.2, 0.25) is 0 Å². The Bertz CT molecular complexity index is 993.